The number of thioether (sulfide) groups is 1. The molecule has 15 heavy (non-hydrogen) atoms. The van der Waals surface area contributed by atoms with Gasteiger partial charge in [0.1, 0.15) is 4.71 Å². The number of rotatable bonds is 2. The predicted molar refractivity (Wildman–Crippen MR) is 66.0 cm³/mol. The molecule has 1 N–H and O–H groups in total. The Morgan fingerprint density at radius 2 is 2.33 bits per heavy atom. The summed E-state index contributed by atoms with van der Waals surface area (Å²) in [6.45, 7) is 2.05. The zero-order valence-corrected chi connectivity index (χ0v) is 10.6. The standard InChI is InChI=1S/C11H16ClNOS/c1-7(14-2)10-11(12)15-9-5-3-8(13-10)4-6-9/h3,5,7,10-11,13H,4,6H2,1-2H3/t7-,10-,11?/m0/s1. The largest absolute Gasteiger partial charge is 0.381 e. The lowest BCUT2D eigenvalue weighted by molar-refractivity contribution is 0.0903. The van der Waals surface area contributed by atoms with Crippen molar-refractivity contribution in [1.29, 1.82) is 0 Å². The lowest BCUT2D eigenvalue weighted by Gasteiger charge is -2.34. The molecule has 1 aliphatic carbocycles. The van der Waals surface area contributed by atoms with Gasteiger partial charge in [0.2, 0.25) is 0 Å². The molecule has 2 aliphatic heterocycles. The number of halogens is 1. The Bertz CT molecular complexity index is 303. The predicted octanol–water partition coefficient (Wildman–Crippen LogP) is 2.85. The van der Waals surface area contributed by atoms with Gasteiger partial charge in [0.15, 0.2) is 0 Å². The third-order valence-corrected chi connectivity index (χ3v) is 4.59. The molecular formula is C11H16ClNOS. The first-order chi connectivity index (χ1) is 7.20. The van der Waals surface area contributed by atoms with E-state index in [0.717, 1.165) is 12.8 Å². The highest BCUT2D eigenvalue weighted by molar-refractivity contribution is 8.04. The van der Waals surface area contributed by atoms with Crippen molar-refractivity contribution in [1.82, 2.24) is 5.32 Å². The highest BCUT2D eigenvalue weighted by Crippen LogP contribution is 2.37. The number of hydrogen-bond acceptors (Lipinski definition) is 3. The summed E-state index contributed by atoms with van der Waals surface area (Å²) in [7, 11) is 1.73. The van der Waals surface area contributed by atoms with E-state index in [1.54, 1.807) is 18.9 Å². The molecule has 0 aromatic carbocycles. The molecule has 0 aromatic heterocycles. The number of nitrogens with one attached hydrogen (secondary N) is 1. The normalized spacial score (nSPS) is 32.2. The number of hydrogen-bond donors (Lipinski definition) is 1. The minimum atomic E-state index is 0.0372. The van der Waals surface area contributed by atoms with Crippen LogP contribution in [0.25, 0.3) is 0 Å². The van der Waals surface area contributed by atoms with Crippen LogP contribution in [0.4, 0.5) is 0 Å². The van der Waals surface area contributed by atoms with Gasteiger partial charge in [-0.3, -0.25) is 0 Å². The molecule has 0 radical (unpaired) electrons. The molecule has 84 valence electrons. The molecule has 2 bridgehead atoms. The molecular weight excluding hydrogens is 230 g/mol. The summed E-state index contributed by atoms with van der Waals surface area (Å²) < 4.78 is 5.39. The van der Waals surface area contributed by atoms with Crippen LogP contribution in [0, 0.1) is 0 Å². The molecule has 0 saturated carbocycles. The summed E-state index contributed by atoms with van der Waals surface area (Å²) in [6.07, 6.45) is 6.65. The molecule has 3 rings (SSSR count). The lowest BCUT2D eigenvalue weighted by Crippen LogP contribution is -2.45. The number of fused-ring (bicyclic) bond motifs is 5. The van der Waals surface area contributed by atoms with E-state index in [0.29, 0.717) is 0 Å². The fourth-order valence-corrected chi connectivity index (χ4v) is 3.51. The summed E-state index contributed by atoms with van der Waals surface area (Å²) in [5.74, 6) is 0. The molecule has 2 heterocycles. The molecule has 1 fully saturated rings. The van der Waals surface area contributed by atoms with Gasteiger partial charge in [-0.2, -0.15) is 0 Å². The number of alkyl halides is 1. The molecule has 1 saturated heterocycles. The third-order valence-electron chi connectivity index (χ3n) is 2.89. The maximum Gasteiger partial charge on any atom is 0.106 e. The van der Waals surface area contributed by atoms with Crippen LogP contribution in [0.1, 0.15) is 19.8 Å². The summed E-state index contributed by atoms with van der Waals surface area (Å²) >= 11 is 8.13. The average Bonchev–Trinajstić information content (AvgIpc) is 2.23. The van der Waals surface area contributed by atoms with Crippen molar-refractivity contribution in [2.45, 2.75) is 36.6 Å². The van der Waals surface area contributed by atoms with E-state index in [1.807, 2.05) is 0 Å². The molecule has 3 atom stereocenters. The zero-order chi connectivity index (χ0) is 10.8. The van der Waals surface area contributed by atoms with E-state index >= 15 is 0 Å². The van der Waals surface area contributed by atoms with Crippen molar-refractivity contribution in [3.63, 3.8) is 0 Å². The van der Waals surface area contributed by atoms with E-state index < -0.39 is 0 Å². The van der Waals surface area contributed by atoms with Gasteiger partial charge in [-0.15, -0.1) is 23.4 Å². The van der Waals surface area contributed by atoms with Gasteiger partial charge in [-0.1, -0.05) is 6.08 Å². The Kier molecular flexibility index (Phi) is 3.65. The second-order valence-corrected chi connectivity index (χ2v) is 5.90. The highest BCUT2D eigenvalue weighted by Gasteiger charge is 2.30. The summed E-state index contributed by atoms with van der Waals surface area (Å²) in [6, 6.07) is 0.178. The van der Waals surface area contributed by atoms with Crippen LogP contribution in [0.15, 0.2) is 22.8 Å². The topological polar surface area (TPSA) is 21.3 Å². The molecule has 0 aromatic rings. The Balaban J connectivity index is 2.15. The molecule has 3 aliphatic rings. The van der Waals surface area contributed by atoms with E-state index in [4.69, 9.17) is 16.3 Å². The Morgan fingerprint density at radius 3 is 2.93 bits per heavy atom. The SMILES string of the molecule is CO[C@@H](C)[C@@H]1NC2=CC=C(CC2)SC1Cl. The van der Waals surface area contributed by atoms with Crippen LogP contribution in [-0.2, 0) is 4.74 Å². The molecule has 2 nitrogen and oxygen atoms in total. The van der Waals surface area contributed by atoms with E-state index in [1.165, 1.54) is 10.6 Å². The third kappa shape index (κ3) is 2.52. The highest BCUT2D eigenvalue weighted by atomic mass is 35.5. The van der Waals surface area contributed by atoms with Crippen molar-refractivity contribution < 1.29 is 4.74 Å². The first-order valence-electron chi connectivity index (χ1n) is 5.20. The van der Waals surface area contributed by atoms with Crippen LogP contribution in [0.3, 0.4) is 0 Å². The van der Waals surface area contributed by atoms with E-state index in [-0.39, 0.29) is 16.9 Å². The Morgan fingerprint density at radius 1 is 1.53 bits per heavy atom. The number of ether oxygens (including phenoxy) is 1. The number of methoxy groups -OCH3 is 1. The average molecular weight is 246 g/mol. The molecule has 1 unspecified atom stereocenters. The monoisotopic (exact) mass is 245 g/mol. The first-order valence-corrected chi connectivity index (χ1v) is 6.52. The first kappa shape index (κ1) is 11.4. The van der Waals surface area contributed by atoms with Crippen LogP contribution in [0.2, 0.25) is 0 Å². The van der Waals surface area contributed by atoms with Crippen molar-refractivity contribution >= 4 is 23.4 Å². The van der Waals surface area contributed by atoms with Crippen LogP contribution in [0.5, 0.6) is 0 Å². The summed E-state index contributed by atoms with van der Waals surface area (Å²) in [5.41, 5.74) is 1.28. The van der Waals surface area contributed by atoms with Crippen molar-refractivity contribution in [3.8, 4) is 0 Å². The minimum Gasteiger partial charge on any atom is -0.381 e. The van der Waals surface area contributed by atoms with Gasteiger partial charge in [-0.25, -0.2) is 0 Å². The Hall–Kier alpha value is -0.120. The zero-order valence-electron chi connectivity index (χ0n) is 9.00. The van der Waals surface area contributed by atoms with Gasteiger partial charge < -0.3 is 10.1 Å². The fourth-order valence-electron chi connectivity index (χ4n) is 1.81. The van der Waals surface area contributed by atoms with Gasteiger partial charge >= 0.3 is 0 Å². The van der Waals surface area contributed by atoms with Gasteiger partial charge in [0.05, 0.1) is 12.1 Å². The fraction of sp³-hybridized carbons (Fsp3) is 0.636. The molecule has 0 spiro atoms. The van der Waals surface area contributed by atoms with Crippen molar-refractivity contribution in [2.24, 2.45) is 0 Å². The second kappa shape index (κ2) is 4.81. The molecule has 0 amide bonds. The van der Waals surface area contributed by atoms with Crippen molar-refractivity contribution in [2.75, 3.05) is 7.11 Å². The van der Waals surface area contributed by atoms with E-state index in [9.17, 15) is 0 Å². The maximum atomic E-state index is 6.38. The lowest BCUT2D eigenvalue weighted by atomic mass is 10.1. The smallest absolute Gasteiger partial charge is 0.106 e. The maximum absolute atomic E-state index is 6.38. The second-order valence-electron chi connectivity index (χ2n) is 3.90. The van der Waals surface area contributed by atoms with Crippen LogP contribution in [-0.4, -0.2) is 24.0 Å². The molecule has 4 heteroatoms. The van der Waals surface area contributed by atoms with Crippen molar-refractivity contribution in [3.05, 3.63) is 22.8 Å². The number of allylic oxidation sites excluding steroid dienone is 4. The van der Waals surface area contributed by atoms with Gasteiger partial charge in [0, 0.05) is 12.8 Å². The van der Waals surface area contributed by atoms with Gasteiger partial charge in [-0.05, 0) is 30.7 Å². The van der Waals surface area contributed by atoms with E-state index in [2.05, 4.69) is 24.4 Å². The Labute approximate surface area is 100 Å². The van der Waals surface area contributed by atoms with Crippen LogP contribution < -0.4 is 5.32 Å². The minimum absolute atomic E-state index is 0.0372. The summed E-state index contributed by atoms with van der Waals surface area (Å²) in [5, 5.41) is 3.48. The summed E-state index contributed by atoms with van der Waals surface area (Å²) in [4.78, 5) is 1.38. The van der Waals surface area contributed by atoms with Gasteiger partial charge in [0.25, 0.3) is 0 Å². The quantitative estimate of drug-likeness (QED) is 0.756. The van der Waals surface area contributed by atoms with Crippen LogP contribution >= 0.6 is 23.4 Å².